The maximum absolute atomic E-state index is 12.7. The molecule has 0 unspecified atom stereocenters. The number of alkyl halides is 3. The number of benzene rings is 2. The van der Waals surface area contributed by atoms with Gasteiger partial charge in [0, 0.05) is 12.8 Å². The Morgan fingerprint density at radius 2 is 1.75 bits per heavy atom. The zero-order valence-electron chi connectivity index (χ0n) is 13.9. The summed E-state index contributed by atoms with van der Waals surface area (Å²) in [6.45, 7) is 2.93. The molecule has 2 aromatic carbocycles. The summed E-state index contributed by atoms with van der Waals surface area (Å²) < 4.78 is 43.3. The summed E-state index contributed by atoms with van der Waals surface area (Å²) in [6.07, 6.45) is -2.75. The lowest BCUT2D eigenvalue weighted by molar-refractivity contribution is -0.685. The van der Waals surface area contributed by atoms with Crippen molar-refractivity contribution in [2.24, 2.45) is 0 Å². The van der Waals surface area contributed by atoms with Gasteiger partial charge in [0.05, 0.1) is 25.3 Å². The Bertz CT molecular complexity index is 638. The first kappa shape index (κ1) is 18.3. The molecule has 5 heteroatoms. The van der Waals surface area contributed by atoms with Crippen molar-refractivity contribution >= 4 is 0 Å². The number of methoxy groups -OCH3 is 1. The van der Waals surface area contributed by atoms with E-state index in [0.29, 0.717) is 6.42 Å². The van der Waals surface area contributed by atoms with Gasteiger partial charge in [-0.15, -0.1) is 0 Å². The van der Waals surface area contributed by atoms with Crippen LogP contribution in [-0.2, 0) is 19.0 Å². The first-order valence-corrected chi connectivity index (χ1v) is 8.01. The van der Waals surface area contributed by atoms with Crippen LogP contribution in [0.3, 0.4) is 0 Å². The topological polar surface area (TPSA) is 25.8 Å². The quantitative estimate of drug-likeness (QED) is 0.822. The van der Waals surface area contributed by atoms with Gasteiger partial charge in [-0.25, -0.2) is 0 Å². The van der Waals surface area contributed by atoms with Gasteiger partial charge in [-0.2, -0.15) is 13.2 Å². The van der Waals surface area contributed by atoms with Gasteiger partial charge in [0.25, 0.3) is 0 Å². The highest BCUT2D eigenvalue weighted by molar-refractivity contribution is 5.27. The van der Waals surface area contributed by atoms with E-state index in [9.17, 15) is 13.2 Å². The molecular weight excluding hydrogens is 315 g/mol. The summed E-state index contributed by atoms with van der Waals surface area (Å²) in [7, 11) is 1.64. The molecule has 2 N–H and O–H groups in total. The number of ether oxygens (including phenoxy) is 1. The van der Waals surface area contributed by atoms with Crippen LogP contribution in [0.2, 0.25) is 0 Å². The molecule has 2 nitrogen and oxygen atoms in total. The van der Waals surface area contributed by atoms with Crippen molar-refractivity contribution in [1.82, 2.24) is 0 Å². The zero-order valence-corrected chi connectivity index (χ0v) is 13.9. The maximum atomic E-state index is 12.7. The molecule has 0 heterocycles. The molecule has 0 amide bonds. The lowest BCUT2D eigenvalue weighted by Crippen LogP contribution is -2.90. The first-order chi connectivity index (χ1) is 11.4. The van der Waals surface area contributed by atoms with Gasteiger partial charge in [-0.05, 0) is 36.2 Å². The van der Waals surface area contributed by atoms with Gasteiger partial charge in [0.2, 0.25) is 0 Å². The second-order valence-electron chi connectivity index (χ2n) is 6.00. The molecule has 0 saturated heterocycles. The summed E-state index contributed by atoms with van der Waals surface area (Å²) in [6, 6.07) is 13.7. The second kappa shape index (κ2) is 8.20. The Kier molecular flexibility index (Phi) is 6.26. The van der Waals surface area contributed by atoms with Crippen molar-refractivity contribution in [1.29, 1.82) is 0 Å². The van der Waals surface area contributed by atoms with Crippen LogP contribution in [-0.4, -0.2) is 19.7 Å². The highest BCUT2D eigenvalue weighted by Crippen LogP contribution is 2.29. The van der Waals surface area contributed by atoms with Crippen LogP contribution < -0.4 is 10.1 Å². The fourth-order valence-corrected chi connectivity index (χ4v) is 2.66. The smallest absolute Gasteiger partial charge is 0.416 e. The highest BCUT2D eigenvalue weighted by atomic mass is 19.4. The van der Waals surface area contributed by atoms with Gasteiger partial charge >= 0.3 is 6.18 Å². The molecule has 0 saturated carbocycles. The van der Waals surface area contributed by atoms with E-state index in [1.807, 2.05) is 31.2 Å². The molecule has 0 radical (unpaired) electrons. The first-order valence-electron chi connectivity index (χ1n) is 8.01. The van der Waals surface area contributed by atoms with E-state index >= 15 is 0 Å². The van der Waals surface area contributed by atoms with Crippen molar-refractivity contribution in [3.63, 3.8) is 0 Å². The molecule has 0 aliphatic rings. The third-order valence-corrected chi connectivity index (χ3v) is 3.97. The number of nitrogens with two attached hydrogens (primary N) is 1. The number of halogens is 3. The minimum absolute atomic E-state index is 0.228. The average molecular weight is 338 g/mol. The number of hydrogen-bond acceptors (Lipinski definition) is 1. The largest absolute Gasteiger partial charge is 0.497 e. The summed E-state index contributed by atoms with van der Waals surface area (Å²) in [5.41, 5.74) is 1.36. The lowest BCUT2D eigenvalue weighted by Gasteiger charge is -2.13. The SMILES string of the molecule is COc1ccc(CC[NH2+][C@H](C)Cc2cccc(C(F)(F)F)c2)cc1. The highest BCUT2D eigenvalue weighted by Gasteiger charge is 2.30. The Morgan fingerprint density at radius 1 is 1.04 bits per heavy atom. The molecule has 2 aromatic rings. The molecule has 0 bridgehead atoms. The fraction of sp³-hybridized carbons (Fsp3) is 0.368. The molecule has 0 aliphatic carbocycles. The molecule has 2 rings (SSSR count). The van der Waals surface area contributed by atoms with Crippen molar-refractivity contribution in [2.45, 2.75) is 32.0 Å². The summed E-state index contributed by atoms with van der Waals surface area (Å²) in [4.78, 5) is 0. The summed E-state index contributed by atoms with van der Waals surface area (Å²) in [5.74, 6) is 0.834. The average Bonchev–Trinajstić information content (AvgIpc) is 2.55. The monoisotopic (exact) mass is 338 g/mol. The standard InChI is InChI=1S/C19H22F3NO/c1-14(12-16-4-3-5-17(13-16)19(20,21)22)23-11-10-15-6-8-18(24-2)9-7-15/h3-9,13-14,23H,10-12H2,1-2H3/p+1/t14-/m1/s1. The maximum Gasteiger partial charge on any atom is 0.416 e. The van der Waals surface area contributed by atoms with Gasteiger partial charge in [0.1, 0.15) is 5.75 Å². The van der Waals surface area contributed by atoms with Crippen molar-refractivity contribution in [2.75, 3.05) is 13.7 Å². The second-order valence-corrected chi connectivity index (χ2v) is 6.00. The van der Waals surface area contributed by atoms with Gasteiger partial charge in [-0.3, -0.25) is 0 Å². The van der Waals surface area contributed by atoms with E-state index in [0.717, 1.165) is 30.3 Å². The van der Waals surface area contributed by atoms with Crippen LogP contribution in [0.1, 0.15) is 23.6 Å². The van der Waals surface area contributed by atoms with Crippen molar-refractivity contribution in [3.8, 4) is 5.75 Å². The van der Waals surface area contributed by atoms with Gasteiger partial charge in [0.15, 0.2) is 0 Å². The van der Waals surface area contributed by atoms with E-state index in [4.69, 9.17) is 4.74 Å². The molecule has 0 aromatic heterocycles. The van der Waals surface area contributed by atoms with E-state index in [2.05, 4.69) is 5.32 Å². The molecule has 1 atom stereocenters. The lowest BCUT2D eigenvalue weighted by atomic mass is 10.0. The minimum Gasteiger partial charge on any atom is -0.497 e. The Hall–Kier alpha value is -2.01. The normalized spacial score (nSPS) is 12.9. The third kappa shape index (κ3) is 5.57. The summed E-state index contributed by atoms with van der Waals surface area (Å²) in [5, 5.41) is 2.17. The van der Waals surface area contributed by atoms with E-state index in [1.54, 1.807) is 13.2 Å². The number of quaternary nitrogens is 1. The molecular formula is C19H23F3NO+. The Balaban J connectivity index is 1.81. The van der Waals surface area contributed by atoms with Crippen LogP contribution in [0.25, 0.3) is 0 Å². The zero-order chi connectivity index (χ0) is 17.6. The molecule has 130 valence electrons. The molecule has 0 fully saturated rings. The Morgan fingerprint density at radius 3 is 2.38 bits per heavy atom. The minimum atomic E-state index is -4.28. The van der Waals surface area contributed by atoms with E-state index < -0.39 is 11.7 Å². The van der Waals surface area contributed by atoms with Gasteiger partial charge in [-0.1, -0.05) is 30.3 Å². The Labute approximate surface area is 140 Å². The van der Waals surface area contributed by atoms with Crippen LogP contribution in [0.15, 0.2) is 48.5 Å². The predicted octanol–water partition coefficient (Wildman–Crippen LogP) is 3.45. The van der Waals surface area contributed by atoms with Gasteiger partial charge < -0.3 is 10.1 Å². The molecule has 24 heavy (non-hydrogen) atoms. The third-order valence-electron chi connectivity index (χ3n) is 3.97. The van der Waals surface area contributed by atoms with Crippen LogP contribution in [0.4, 0.5) is 13.2 Å². The van der Waals surface area contributed by atoms with Crippen molar-refractivity contribution in [3.05, 3.63) is 65.2 Å². The predicted molar refractivity (Wildman–Crippen MR) is 88.1 cm³/mol. The fourth-order valence-electron chi connectivity index (χ4n) is 2.66. The summed E-state index contributed by atoms with van der Waals surface area (Å²) >= 11 is 0. The van der Waals surface area contributed by atoms with Crippen molar-refractivity contribution < 1.29 is 23.2 Å². The molecule has 0 spiro atoms. The number of rotatable bonds is 7. The van der Waals surface area contributed by atoms with Crippen LogP contribution >= 0.6 is 0 Å². The number of hydrogen-bond donors (Lipinski definition) is 1. The van der Waals surface area contributed by atoms with Crippen LogP contribution in [0, 0.1) is 0 Å². The van der Waals surface area contributed by atoms with E-state index in [1.165, 1.54) is 17.7 Å². The van der Waals surface area contributed by atoms with Crippen LogP contribution in [0.5, 0.6) is 5.75 Å². The van der Waals surface area contributed by atoms with E-state index in [-0.39, 0.29) is 6.04 Å². The molecule has 0 aliphatic heterocycles.